The Morgan fingerprint density at radius 2 is 2.00 bits per heavy atom. The molecule has 0 aromatic heterocycles. The first-order valence-corrected chi connectivity index (χ1v) is 6.57. The zero-order valence-electron chi connectivity index (χ0n) is 10.6. The summed E-state index contributed by atoms with van der Waals surface area (Å²) >= 11 is 6.15. The van der Waals surface area contributed by atoms with Crippen molar-refractivity contribution in [2.75, 3.05) is 6.61 Å². The summed E-state index contributed by atoms with van der Waals surface area (Å²) in [5, 5.41) is 9.37. The number of hydrogen-bond acceptors (Lipinski definition) is 2. The van der Waals surface area contributed by atoms with Crippen LogP contribution in [0.3, 0.4) is 0 Å². The molecule has 0 bridgehead atoms. The lowest BCUT2D eigenvalue weighted by Crippen LogP contribution is -2.05. The molecule has 0 fully saturated rings. The highest BCUT2D eigenvalue weighted by Crippen LogP contribution is 2.27. The number of aryl methyl sites for hydroxylation is 1. The molecule has 17 heavy (non-hydrogen) atoms. The van der Waals surface area contributed by atoms with Crippen LogP contribution < -0.4 is 4.74 Å². The van der Waals surface area contributed by atoms with Crippen LogP contribution in [0, 0.1) is 0 Å². The number of halogens is 1. The predicted molar refractivity (Wildman–Crippen MR) is 71.9 cm³/mol. The second-order valence-electron chi connectivity index (χ2n) is 4.47. The van der Waals surface area contributed by atoms with Crippen molar-refractivity contribution in [3.8, 4) is 5.75 Å². The summed E-state index contributed by atoms with van der Waals surface area (Å²) in [7, 11) is 0. The van der Waals surface area contributed by atoms with Crippen LogP contribution in [-0.2, 0) is 6.42 Å². The largest absolute Gasteiger partial charge is 0.489 e. The average molecular weight is 257 g/mol. The van der Waals surface area contributed by atoms with Gasteiger partial charge in [-0.1, -0.05) is 24.1 Å². The molecule has 0 aliphatic rings. The molecule has 0 saturated heterocycles. The van der Waals surface area contributed by atoms with Crippen molar-refractivity contribution >= 4 is 11.6 Å². The molecule has 1 N–H and O–H groups in total. The van der Waals surface area contributed by atoms with Gasteiger partial charge in [-0.15, -0.1) is 0 Å². The number of unbranched alkanes of at least 4 members (excludes halogenated alkanes) is 2. The number of rotatable bonds is 7. The van der Waals surface area contributed by atoms with Gasteiger partial charge in [0.2, 0.25) is 0 Å². The van der Waals surface area contributed by atoms with Crippen molar-refractivity contribution < 1.29 is 9.84 Å². The van der Waals surface area contributed by atoms with E-state index in [4.69, 9.17) is 21.4 Å². The fourth-order valence-electron chi connectivity index (χ4n) is 1.67. The average Bonchev–Trinajstić information content (AvgIpc) is 2.27. The first-order chi connectivity index (χ1) is 8.13. The van der Waals surface area contributed by atoms with Gasteiger partial charge in [0.25, 0.3) is 0 Å². The fourth-order valence-corrected chi connectivity index (χ4v) is 1.91. The lowest BCUT2D eigenvalue weighted by molar-refractivity contribution is 0.242. The van der Waals surface area contributed by atoms with E-state index in [0.29, 0.717) is 5.02 Å². The molecule has 0 radical (unpaired) electrons. The molecule has 96 valence electrons. The third kappa shape index (κ3) is 5.42. The molecule has 1 aromatic rings. The lowest BCUT2D eigenvalue weighted by Gasteiger charge is -2.12. The number of aliphatic hydroxyl groups is 1. The van der Waals surface area contributed by atoms with Crippen molar-refractivity contribution in [3.05, 3.63) is 28.8 Å². The topological polar surface area (TPSA) is 29.5 Å². The summed E-state index contributed by atoms with van der Waals surface area (Å²) in [6, 6.07) is 5.96. The summed E-state index contributed by atoms with van der Waals surface area (Å²) in [5.41, 5.74) is 1.23. The maximum atomic E-state index is 8.69. The van der Waals surface area contributed by atoms with E-state index in [1.807, 2.05) is 26.0 Å². The summed E-state index contributed by atoms with van der Waals surface area (Å²) in [4.78, 5) is 0. The minimum absolute atomic E-state index is 0.142. The van der Waals surface area contributed by atoms with Gasteiger partial charge in [0.1, 0.15) is 5.75 Å². The maximum absolute atomic E-state index is 8.69. The van der Waals surface area contributed by atoms with E-state index in [0.717, 1.165) is 31.4 Å². The van der Waals surface area contributed by atoms with E-state index in [1.54, 1.807) is 0 Å². The molecular weight excluding hydrogens is 236 g/mol. The van der Waals surface area contributed by atoms with Gasteiger partial charge in [-0.3, -0.25) is 0 Å². The van der Waals surface area contributed by atoms with Crippen molar-refractivity contribution in [2.45, 2.75) is 45.6 Å². The van der Waals surface area contributed by atoms with Crippen molar-refractivity contribution in [2.24, 2.45) is 0 Å². The minimum Gasteiger partial charge on any atom is -0.489 e. The molecule has 0 atom stereocenters. The summed E-state index contributed by atoms with van der Waals surface area (Å²) < 4.78 is 5.58. The monoisotopic (exact) mass is 256 g/mol. The molecule has 2 nitrogen and oxygen atoms in total. The number of aliphatic hydroxyl groups excluding tert-OH is 1. The van der Waals surface area contributed by atoms with E-state index in [9.17, 15) is 0 Å². The molecule has 0 aliphatic heterocycles. The molecule has 0 amide bonds. The Hall–Kier alpha value is -0.730. The maximum Gasteiger partial charge on any atom is 0.138 e. The van der Waals surface area contributed by atoms with Gasteiger partial charge < -0.3 is 9.84 Å². The summed E-state index contributed by atoms with van der Waals surface area (Å²) in [6.07, 6.45) is 4.16. The minimum atomic E-state index is 0.142. The molecule has 0 saturated carbocycles. The van der Waals surface area contributed by atoms with Crippen molar-refractivity contribution in [3.63, 3.8) is 0 Å². The van der Waals surface area contributed by atoms with E-state index in [2.05, 4.69) is 6.07 Å². The molecule has 0 spiro atoms. The Kier molecular flexibility index (Phi) is 6.38. The van der Waals surface area contributed by atoms with Gasteiger partial charge in [-0.2, -0.15) is 0 Å². The Labute approximate surface area is 109 Å². The summed E-state index contributed by atoms with van der Waals surface area (Å²) in [6.45, 7) is 4.25. The highest BCUT2D eigenvalue weighted by Gasteiger charge is 2.04. The molecule has 3 heteroatoms. The van der Waals surface area contributed by atoms with E-state index in [1.165, 1.54) is 5.56 Å². The number of ether oxygens (including phenoxy) is 1. The fraction of sp³-hybridized carbons (Fsp3) is 0.571. The predicted octanol–water partition coefficient (Wildman–Crippen LogP) is 3.83. The molecule has 1 aromatic carbocycles. The van der Waals surface area contributed by atoms with Crippen LogP contribution in [0.25, 0.3) is 0 Å². The highest BCUT2D eigenvalue weighted by atomic mass is 35.5. The molecule has 0 heterocycles. The van der Waals surface area contributed by atoms with Crippen LogP contribution in [0.15, 0.2) is 18.2 Å². The van der Waals surface area contributed by atoms with Crippen molar-refractivity contribution in [1.82, 2.24) is 0 Å². The van der Waals surface area contributed by atoms with Gasteiger partial charge >= 0.3 is 0 Å². The Morgan fingerprint density at radius 3 is 2.59 bits per heavy atom. The SMILES string of the molecule is CC(C)Oc1ccc(CCCCCO)cc1Cl. The summed E-state index contributed by atoms with van der Waals surface area (Å²) in [5.74, 6) is 0.751. The Bertz CT molecular complexity index is 337. The van der Waals surface area contributed by atoms with Crippen LogP contribution in [0.2, 0.25) is 5.02 Å². The van der Waals surface area contributed by atoms with Crippen LogP contribution in [0.1, 0.15) is 38.7 Å². The smallest absolute Gasteiger partial charge is 0.138 e. The molecule has 0 unspecified atom stereocenters. The second-order valence-corrected chi connectivity index (χ2v) is 4.87. The van der Waals surface area contributed by atoms with Gasteiger partial charge in [0.15, 0.2) is 0 Å². The van der Waals surface area contributed by atoms with Crippen LogP contribution >= 0.6 is 11.6 Å². The van der Waals surface area contributed by atoms with Crippen LogP contribution in [-0.4, -0.2) is 17.8 Å². The number of benzene rings is 1. The normalized spacial score (nSPS) is 10.9. The van der Waals surface area contributed by atoms with Crippen LogP contribution in [0.5, 0.6) is 5.75 Å². The first-order valence-electron chi connectivity index (χ1n) is 6.19. The lowest BCUT2D eigenvalue weighted by atomic mass is 10.1. The van der Waals surface area contributed by atoms with Crippen LogP contribution in [0.4, 0.5) is 0 Å². The second kappa shape index (κ2) is 7.57. The molecule has 1 rings (SSSR count). The van der Waals surface area contributed by atoms with Crippen molar-refractivity contribution in [1.29, 1.82) is 0 Å². The first kappa shape index (κ1) is 14.3. The standard InChI is InChI=1S/C14H21ClO2/c1-11(2)17-14-8-7-12(10-13(14)15)6-4-3-5-9-16/h7-8,10-11,16H,3-6,9H2,1-2H3. The van der Waals surface area contributed by atoms with Gasteiger partial charge in [-0.25, -0.2) is 0 Å². The Balaban J connectivity index is 2.50. The zero-order chi connectivity index (χ0) is 12.7. The molecule has 0 aliphatic carbocycles. The quantitative estimate of drug-likeness (QED) is 0.752. The van der Waals surface area contributed by atoms with Gasteiger partial charge in [0, 0.05) is 6.61 Å². The zero-order valence-corrected chi connectivity index (χ0v) is 11.3. The Morgan fingerprint density at radius 1 is 1.24 bits per heavy atom. The van der Waals surface area contributed by atoms with Gasteiger partial charge in [0.05, 0.1) is 11.1 Å². The highest BCUT2D eigenvalue weighted by molar-refractivity contribution is 6.32. The van der Waals surface area contributed by atoms with E-state index >= 15 is 0 Å². The van der Waals surface area contributed by atoms with E-state index in [-0.39, 0.29) is 12.7 Å². The number of hydrogen-bond donors (Lipinski definition) is 1. The van der Waals surface area contributed by atoms with E-state index < -0.39 is 0 Å². The molecular formula is C14H21ClO2. The third-order valence-corrected chi connectivity index (χ3v) is 2.78. The van der Waals surface area contributed by atoms with Gasteiger partial charge in [-0.05, 0) is 50.8 Å². The third-order valence-electron chi connectivity index (χ3n) is 2.48.